The molecule has 0 radical (unpaired) electrons. The number of fused-ring (bicyclic) bond motifs is 1. The summed E-state index contributed by atoms with van der Waals surface area (Å²) in [5.41, 5.74) is 11.2. The van der Waals surface area contributed by atoms with E-state index in [-0.39, 0.29) is 6.04 Å². The van der Waals surface area contributed by atoms with Gasteiger partial charge in [-0.2, -0.15) is 0 Å². The maximum atomic E-state index is 5.91. The van der Waals surface area contributed by atoms with Crippen molar-refractivity contribution >= 4 is 27.3 Å². The molecule has 1 aliphatic heterocycles. The quantitative estimate of drug-likeness (QED) is 0.892. The monoisotopic (exact) mass is 344 g/mol. The van der Waals surface area contributed by atoms with Crippen molar-refractivity contribution in [2.45, 2.75) is 38.8 Å². The summed E-state index contributed by atoms with van der Waals surface area (Å²) in [6.07, 6.45) is 2.00. The van der Waals surface area contributed by atoms with Gasteiger partial charge in [0.2, 0.25) is 0 Å². The number of nitrogens with zero attached hydrogens (tertiary/aromatic N) is 1. The maximum Gasteiger partial charge on any atom is 0.0446 e. The molecule has 2 unspecified atom stereocenters. The maximum absolute atomic E-state index is 5.91. The molecular formula is C18H21BrN2. The molecule has 0 aliphatic carbocycles. The van der Waals surface area contributed by atoms with E-state index in [9.17, 15) is 0 Å². The Morgan fingerprint density at radius 1 is 1.29 bits per heavy atom. The van der Waals surface area contributed by atoms with Crippen molar-refractivity contribution in [1.82, 2.24) is 0 Å². The van der Waals surface area contributed by atoms with Crippen molar-refractivity contribution in [2.75, 3.05) is 4.90 Å². The molecule has 0 bridgehead atoms. The molecule has 0 fully saturated rings. The zero-order valence-corrected chi connectivity index (χ0v) is 14.1. The Morgan fingerprint density at radius 2 is 2.05 bits per heavy atom. The van der Waals surface area contributed by atoms with E-state index < -0.39 is 0 Å². The third-order valence-corrected chi connectivity index (χ3v) is 4.80. The molecule has 1 heterocycles. The van der Waals surface area contributed by atoms with E-state index >= 15 is 0 Å². The van der Waals surface area contributed by atoms with Crippen LogP contribution in [-0.2, 0) is 12.8 Å². The Bertz CT molecular complexity index is 651. The lowest BCUT2D eigenvalue weighted by atomic mass is 10.1. The molecule has 2 atom stereocenters. The van der Waals surface area contributed by atoms with Crippen LogP contribution in [0.25, 0.3) is 0 Å². The zero-order chi connectivity index (χ0) is 15.0. The second-order valence-corrected chi connectivity index (χ2v) is 6.86. The molecule has 3 rings (SSSR count). The first-order valence-electron chi connectivity index (χ1n) is 7.47. The summed E-state index contributed by atoms with van der Waals surface area (Å²) in [4.78, 5) is 2.43. The van der Waals surface area contributed by atoms with Crippen LogP contribution >= 0.6 is 15.9 Å². The smallest absolute Gasteiger partial charge is 0.0446 e. The Balaban J connectivity index is 1.96. The number of rotatable bonds is 3. The molecule has 2 aromatic rings. The number of hydrogen-bond donors (Lipinski definition) is 1. The number of nitrogens with two attached hydrogens (primary N) is 1. The zero-order valence-electron chi connectivity index (χ0n) is 12.5. The summed E-state index contributed by atoms with van der Waals surface area (Å²) in [6.45, 7) is 4.32. The molecule has 0 saturated carbocycles. The van der Waals surface area contributed by atoms with Crippen LogP contribution in [0.5, 0.6) is 0 Å². The van der Waals surface area contributed by atoms with Crippen molar-refractivity contribution in [1.29, 1.82) is 0 Å². The molecule has 0 spiro atoms. The van der Waals surface area contributed by atoms with Crippen LogP contribution in [0.4, 0.5) is 11.4 Å². The SMILES string of the molecule is CC(N)Cc1ccc(N2c3ccccc3CC2C)cc1Br. The minimum atomic E-state index is 0.179. The highest BCUT2D eigenvalue weighted by Gasteiger charge is 2.26. The Kier molecular flexibility index (Phi) is 4.05. The second kappa shape index (κ2) is 5.82. The van der Waals surface area contributed by atoms with Gasteiger partial charge in [0, 0.05) is 27.9 Å². The molecule has 2 nitrogen and oxygen atoms in total. The summed E-state index contributed by atoms with van der Waals surface area (Å²) in [7, 11) is 0. The van der Waals surface area contributed by atoms with Gasteiger partial charge in [-0.1, -0.05) is 40.2 Å². The molecule has 0 amide bonds. The van der Waals surface area contributed by atoms with E-state index in [1.165, 1.54) is 22.5 Å². The summed E-state index contributed by atoms with van der Waals surface area (Å²) >= 11 is 3.70. The van der Waals surface area contributed by atoms with Gasteiger partial charge in [0.1, 0.15) is 0 Å². The van der Waals surface area contributed by atoms with Gasteiger partial charge in [-0.25, -0.2) is 0 Å². The second-order valence-electron chi connectivity index (χ2n) is 6.01. The van der Waals surface area contributed by atoms with Crippen LogP contribution in [0, 0.1) is 0 Å². The molecular weight excluding hydrogens is 324 g/mol. The average Bonchev–Trinajstić information content (AvgIpc) is 2.76. The number of para-hydroxylation sites is 1. The van der Waals surface area contributed by atoms with Crippen LogP contribution in [0.15, 0.2) is 46.9 Å². The van der Waals surface area contributed by atoms with Gasteiger partial charge in [0.05, 0.1) is 0 Å². The fraction of sp³-hybridized carbons (Fsp3) is 0.333. The van der Waals surface area contributed by atoms with Gasteiger partial charge in [-0.05, 0) is 56.0 Å². The predicted molar refractivity (Wildman–Crippen MR) is 93.2 cm³/mol. The number of halogens is 1. The van der Waals surface area contributed by atoms with Crippen molar-refractivity contribution in [2.24, 2.45) is 5.73 Å². The van der Waals surface area contributed by atoms with E-state index in [4.69, 9.17) is 5.73 Å². The predicted octanol–water partition coefficient (Wildman–Crippen LogP) is 4.42. The molecule has 3 heteroatoms. The lowest BCUT2D eigenvalue weighted by Gasteiger charge is -2.26. The lowest BCUT2D eigenvalue weighted by molar-refractivity contribution is 0.734. The van der Waals surface area contributed by atoms with Crippen LogP contribution < -0.4 is 10.6 Å². The first-order chi connectivity index (χ1) is 10.1. The molecule has 2 aromatic carbocycles. The largest absolute Gasteiger partial charge is 0.338 e. The van der Waals surface area contributed by atoms with E-state index in [0.717, 1.165) is 17.3 Å². The fourth-order valence-corrected chi connectivity index (χ4v) is 3.69. The van der Waals surface area contributed by atoms with Gasteiger partial charge < -0.3 is 10.6 Å². The molecule has 0 saturated heterocycles. The van der Waals surface area contributed by atoms with Crippen molar-refractivity contribution in [3.8, 4) is 0 Å². The Hall–Kier alpha value is -1.32. The lowest BCUT2D eigenvalue weighted by Crippen LogP contribution is -2.24. The van der Waals surface area contributed by atoms with Crippen LogP contribution in [0.3, 0.4) is 0 Å². The third kappa shape index (κ3) is 2.85. The van der Waals surface area contributed by atoms with Crippen molar-refractivity contribution in [3.05, 3.63) is 58.1 Å². The van der Waals surface area contributed by atoms with Gasteiger partial charge in [-0.15, -0.1) is 0 Å². The number of benzene rings is 2. The highest BCUT2D eigenvalue weighted by Crippen LogP contribution is 2.39. The Labute approximate surface area is 135 Å². The highest BCUT2D eigenvalue weighted by atomic mass is 79.9. The van der Waals surface area contributed by atoms with Gasteiger partial charge in [0.15, 0.2) is 0 Å². The summed E-state index contributed by atoms with van der Waals surface area (Å²) in [5, 5.41) is 0. The van der Waals surface area contributed by atoms with E-state index in [2.05, 4.69) is 70.2 Å². The molecule has 21 heavy (non-hydrogen) atoms. The first-order valence-corrected chi connectivity index (χ1v) is 8.26. The van der Waals surface area contributed by atoms with Gasteiger partial charge >= 0.3 is 0 Å². The summed E-state index contributed by atoms with van der Waals surface area (Å²) < 4.78 is 1.15. The topological polar surface area (TPSA) is 29.3 Å². The molecule has 1 aliphatic rings. The van der Waals surface area contributed by atoms with Gasteiger partial charge in [-0.3, -0.25) is 0 Å². The van der Waals surface area contributed by atoms with Crippen LogP contribution in [-0.4, -0.2) is 12.1 Å². The van der Waals surface area contributed by atoms with Crippen LogP contribution in [0.2, 0.25) is 0 Å². The van der Waals surface area contributed by atoms with E-state index in [1.807, 2.05) is 6.92 Å². The van der Waals surface area contributed by atoms with E-state index in [1.54, 1.807) is 0 Å². The third-order valence-electron chi connectivity index (χ3n) is 4.06. The minimum absolute atomic E-state index is 0.179. The average molecular weight is 345 g/mol. The highest BCUT2D eigenvalue weighted by molar-refractivity contribution is 9.10. The van der Waals surface area contributed by atoms with Gasteiger partial charge in [0.25, 0.3) is 0 Å². The normalized spacial score (nSPS) is 18.7. The minimum Gasteiger partial charge on any atom is -0.338 e. The van der Waals surface area contributed by atoms with E-state index in [0.29, 0.717) is 6.04 Å². The molecule has 2 N–H and O–H groups in total. The molecule has 0 aromatic heterocycles. The fourth-order valence-electron chi connectivity index (χ4n) is 3.16. The standard InChI is InChI=1S/C18H21BrN2/c1-12(20)9-14-7-8-16(11-17(14)19)21-13(2)10-15-5-3-4-6-18(15)21/h3-8,11-13H,9-10,20H2,1-2H3. The number of anilines is 2. The number of hydrogen-bond acceptors (Lipinski definition) is 2. The summed E-state index contributed by atoms with van der Waals surface area (Å²) in [6, 6.07) is 16.0. The van der Waals surface area contributed by atoms with Crippen molar-refractivity contribution < 1.29 is 0 Å². The van der Waals surface area contributed by atoms with Crippen molar-refractivity contribution in [3.63, 3.8) is 0 Å². The first kappa shape index (κ1) is 14.6. The Morgan fingerprint density at radius 3 is 2.76 bits per heavy atom. The van der Waals surface area contributed by atoms with Crippen LogP contribution in [0.1, 0.15) is 25.0 Å². The molecule has 110 valence electrons. The summed E-state index contributed by atoms with van der Waals surface area (Å²) in [5.74, 6) is 0.